The zero-order chi connectivity index (χ0) is 14.9. The van der Waals surface area contributed by atoms with Gasteiger partial charge in [-0.1, -0.05) is 0 Å². The fourth-order valence-corrected chi connectivity index (χ4v) is 3.71. The zero-order valence-electron chi connectivity index (χ0n) is 11.8. The molecule has 22 heavy (non-hydrogen) atoms. The second-order valence-electron chi connectivity index (χ2n) is 4.79. The topological polar surface area (TPSA) is 30.2 Å². The van der Waals surface area contributed by atoms with Gasteiger partial charge in [0, 0.05) is 12.3 Å². The number of aryl methyl sites for hydroxylation is 1. The Bertz CT molecular complexity index is 1010. The van der Waals surface area contributed by atoms with Gasteiger partial charge < -0.3 is 0 Å². The van der Waals surface area contributed by atoms with E-state index in [1.165, 1.54) is 5.56 Å². The molecule has 0 unspecified atom stereocenters. The molecule has 4 aromatic rings. The van der Waals surface area contributed by atoms with Crippen LogP contribution in [-0.2, 0) is 0 Å². The van der Waals surface area contributed by atoms with Gasteiger partial charge in [0.2, 0.25) is 0 Å². The SMILES string of the molecule is Cc1ccsc1C#Cc1ccc(-c2ccn3nccc3n2)s1. The Labute approximate surface area is 135 Å². The molecule has 4 heterocycles. The molecular formula is C17H11N3S2. The summed E-state index contributed by atoms with van der Waals surface area (Å²) in [6.07, 6.45) is 3.68. The second-order valence-corrected chi connectivity index (χ2v) is 6.79. The quantitative estimate of drug-likeness (QED) is 0.491. The molecule has 0 aromatic carbocycles. The first-order valence-corrected chi connectivity index (χ1v) is 8.46. The van der Waals surface area contributed by atoms with Crippen molar-refractivity contribution < 1.29 is 0 Å². The number of hydrogen-bond acceptors (Lipinski definition) is 4. The summed E-state index contributed by atoms with van der Waals surface area (Å²) in [4.78, 5) is 7.92. The molecule has 0 saturated carbocycles. The van der Waals surface area contributed by atoms with Crippen LogP contribution < -0.4 is 0 Å². The lowest BCUT2D eigenvalue weighted by molar-refractivity contribution is 0.941. The van der Waals surface area contributed by atoms with Crippen molar-refractivity contribution in [2.24, 2.45) is 0 Å². The van der Waals surface area contributed by atoms with Crippen molar-refractivity contribution in [3.63, 3.8) is 0 Å². The number of thiophene rings is 2. The van der Waals surface area contributed by atoms with Gasteiger partial charge in [-0.25, -0.2) is 9.50 Å². The highest BCUT2D eigenvalue weighted by atomic mass is 32.1. The molecule has 4 rings (SSSR count). The number of hydrogen-bond donors (Lipinski definition) is 0. The highest BCUT2D eigenvalue weighted by Crippen LogP contribution is 2.26. The van der Waals surface area contributed by atoms with Crippen molar-refractivity contribution in [3.8, 4) is 22.4 Å². The number of nitrogens with zero attached hydrogens (tertiary/aromatic N) is 3. The maximum absolute atomic E-state index is 4.61. The van der Waals surface area contributed by atoms with Crippen LogP contribution in [0, 0.1) is 18.8 Å². The van der Waals surface area contributed by atoms with Crippen LogP contribution in [0.5, 0.6) is 0 Å². The molecule has 106 valence electrons. The van der Waals surface area contributed by atoms with E-state index in [0.717, 1.165) is 26.0 Å². The highest BCUT2D eigenvalue weighted by molar-refractivity contribution is 7.16. The second kappa shape index (κ2) is 5.41. The molecule has 0 saturated heterocycles. The van der Waals surface area contributed by atoms with E-state index in [9.17, 15) is 0 Å². The molecule has 0 aliphatic heterocycles. The highest BCUT2D eigenvalue weighted by Gasteiger charge is 2.05. The van der Waals surface area contributed by atoms with Crippen molar-refractivity contribution in [1.82, 2.24) is 14.6 Å². The van der Waals surface area contributed by atoms with Crippen LogP contribution in [-0.4, -0.2) is 14.6 Å². The monoisotopic (exact) mass is 321 g/mol. The fraction of sp³-hybridized carbons (Fsp3) is 0.0588. The molecule has 0 spiro atoms. The first kappa shape index (κ1) is 13.3. The molecule has 4 aromatic heterocycles. The molecule has 0 atom stereocenters. The molecule has 5 heteroatoms. The summed E-state index contributed by atoms with van der Waals surface area (Å²) in [7, 11) is 0. The molecule has 0 radical (unpaired) electrons. The summed E-state index contributed by atoms with van der Waals surface area (Å²) in [6.45, 7) is 2.09. The minimum atomic E-state index is 0.854. The first-order valence-electron chi connectivity index (χ1n) is 6.76. The van der Waals surface area contributed by atoms with Crippen molar-refractivity contribution in [2.45, 2.75) is 6.92 Å². The number of rotatable bonds is 1. The fourth-order valence-electron chi connectivity index (χ4n) is 2.11. The summed E-state index contributed by atoms with van der Waals surface area (Å²) in [5.74, 6) is 6.49. The molecule has 0 amide bonds. The van der Waals surface area contributed by atoms with Crippen LogP contribution in [0.1, 0.15) is 15.3 Å². The van der Waals surface area contributed by atoms with Gasteiger partial charge in [0.05, 0.1) is 26.5 Å². The third-order valence-electron chi connectivity index (χ3n) is 3.28. The minimum Gasteiger partial charge on any atom is -0.228 e. The van der Waals surface area contributed by atoms with Gasteiger partial charge in [0.1, 0.15) is 0 Å². The standard InChI is InChI=1S/C17H11N3S2/c1-12-8-11-21-15(12)4-2-13-3-5-16(22-13)14-7-10-20-17(19-14)6-9-18-20/h3,5-11H,1H3. The Morgan fingerprint density at radius 3 is 2.91 bits per heavy atom. The van der Waals surface area contributed by atoms with E-state index < -0.39 is 0 Å². The van der Waals surface area contributed by atoms with Gasteiger partial charge in [0.25, 0.3) is 0 Å². The summed E-state index contributed by atoms with van der Waals surface area (Å²) in [6, 6.07) is 10.1. The number of aromatic nitrogens is 3. The van der Waals surface area contributed by atoms with Crippen LogP contribution in [0.3, 0.4) is 0 Å². The van der Waals surface area contributed by atoms with Gasteiger partial charge in [0.15, 0.2) is 5.65 Å². The van der Waals surface area contributed by atoms with Gasteiger partial charge in [-0.05, 0) is 54.0 Å². The Morgan fingerprint density at radius 2 is 2.05 bits per heavy atom. The summed E-state index contributed by atoms with van der Waals surface area (Å²) in [5.41, 5.74) is 3.05. The molecular weight excluding hydrogens is 310 g/mol. The molecule has 0 N–H and O–H groups in total. The van der Waals surface area contributed by atoms with Crippen LogP contribution in [0.2, 0.25) is 0 Å². The zero-order valence-corrected chi connectivity index (χ0v) is 13.4. The average Bonchev–Trinajstić information content (AvgIpc) is 3.25. The maximum atomic E-state index is 4.61. The van der Waals surface area contributed by atoms with Crippen LogP contribution in [0.15, 0.2) is 48.1 Å². The third kappa shape index (κ3) is 2.43. The number of fused-ring (bicyclic) bond motifs is 1. The lowest BCUT2D eigenvalue weighted by atomic mass is 10.3. The average molecular weight is 321 g/mol. The molecule has 3 nitrogen and oxygen atoms in total. The van der Waals surface area contributed by atoms with Gasteiger partial charge >= 0.3 is 0 Å². The van der Waals surface area contributed by atoms with Gasteiger partial charge in [-0.3, -0.25) is 0 Å². The largest absolute Gasteiger partial charge is 0.228 e. The van der Waals surface area contributed by atoms with E-state index in [-0.39, 0.29) is 0 Å². The predicted octanol–water partition coefficient (Wildman–Crippen LogP) is 4.23. The normalized spacial score (nSPS) is 10.6. The molecule has 0 fully saturated rings. The van der Waals surface area contributed by atoms with Crippen molar-refractivity contribution in [3.05, 3.63) is 63.4 Å². The van der Waals surface area contributed by atoms with Gasteiger partial charge in [-0.2, -0.15) is 5.10 Å². The van der Waals surface area contributed by atoms with E-state index in [0.29, 0.717) is 0 Å². The van der Waals surface area contributed by atoms with E-state index in [2.05, 4.69) is 52.4 Å². The van der Waals surface area contributed by atoms with Crippen LogP contribution in [0.4, 0.5) is 0 Å². The lowest BCUT2D eigenvalue weighted by Crippen LogP contribution is -1.89. The van der Waals surface area contributed by atoms with E-state index in [1.807, 2.05) is 18.3 Å². The molecule has 0 aliphatic rings. The minimum absolute atomic E-state index is 0.854. The van der Waals surface area contributed by atoms with Crippen molar-refractivity contribution in [1.29, 1.82) is 0 Å². The Balaban J connectivity index is 1.66. The van der Waals surface area contributed by atoms with Crippen LogP contribution >= 0.6 is 22.7 Å². The van der Waals surface area contributed by atoms with E-state index in [1.54, 1.807) is 33.4 Å². The van der Waals surface area contributed by atoms with Gasteiger partial charge in [-0.15, -0.1) is 22.7 Å². The van der Waals surface area contributed by atoms with Crippen molar-refractivity contribution in [2.75, 3.05) is 0 Å². The third-order valence-corrected chi connectivity index (χ3v) is 5.23. The summed E-state index contributed by atoms with van der Waals surface area (Å²) >= 11 is 3.35. The maximum Gasteiger partial charge on any atom is 0.155 e. The molecule has 0 bridgehead atoms. The summed E-state index contributed by atoms with van der Waals surface area (Å²) < 4.78 is 1.76. The molecule has 0 aliphatic carbocycles. The Kier molecular flexibility index (Phi) is 3.26. The van der Waals surface area contributed by atoms with Crippen LogP contribution in [0.25, 0.3) is 16.2 Å². The first-order chi connectivity index (χ1) is 10.8. The van der Waals surface area contributed by atoms with E-state index >= 15 is 0 Å². The summed E-state index contributed by atoms with van der Waals surface area (Å²) in [5, 5.41) is 6.23. The van der Waals surface area contributed by atoms with Crippen molar-refractivity contribution >= 4 is 28.3 Å². The Morgan fingerprint density at radius 1 is 1.09 bits per heavy atom. The smallest absolute Gasteiger partial charge is 0.155 e. The predicted molar refractivity (Wildman–Crippen MR) is 91.3 cm³/mol. The lowest BCUT2D eigenvalue weighted by Gasteiger charge is -1.97. The Hall–Kier alpha value is -2.42. The van der Waals surface area contributed by atoms with E-state index in [4.69, 9.17) is 0 Å².